The lowest BCUT2D eigenvalue weighted by Gasteiger charge is -2.04. The fourth-order valence-electron chi connectivity index (χ4n) is 1.43. The van der Waals surface area contributed by atoms with E-state index in [1.54, 1.807) is 13.8 Å². The fourth-order valence-corrected chi connectivity index (χ4v) is 1.43. The molecule has 0 saturated heterocycles. The number of hydrogen-bond donors (Lipinski definition) is 0. The molecule has 0 heterocycles. The van der Waals surface area contributed by atoms with E-state index in [2.05, 4.69) is 0 Å². The zero-order valence-corrected chi connectivity index (χ0v) is 7.72. The smallest absolute Gasteiger partial charge is 0.258 e. The van der Waals surface area contributed by atoms with Crippen LogP contribution in [0.3, 0.4) is 0 Å². The van der Waals surface area contributed by atoms with Crippen LogP contribution in [0, 0.1) is 36.7 Å². The topological polar surface area (TPSA) is 43.1 Å². The van der Waals surface area contributed by atoms with Crippen molar-refractivity contribution in [3.63, 3.8) is 0 Å². The summed E-state index contributed by atoms with van der Waals surface area (Å²) in [6, 6.07) is 1.49. The second-order valence-electron chi connectivity index (χ2n) is 3.06. The number of hydrogen-bond acceptors (Lipinski definition) is 2. The van der Waals surface area contributed by atoms with Crippen molar-refractivity contribution in [1.29, 1.82) is 0 Å². The summed E-state index contributed by atoms with van der Waals surface area (Å²) < 4.78 is 13.2. The number of benzene rings is 1. The van der Waals surface area contributed by atoms with Crippen LogP contribution in [-0.2, 0) is 0 Å². The molecule has 1 aromatic rings. The highest BCUT2D eigenvalue weighted by atomic mass is 19.1. The van der Waals surface area contributed by atoms with Gasteiger partial charge in [-0.05, 0) is 32.4 Å². The standard InChI is InChI=1S/C9H10FNO2/c1-5-4-6(2)9(11(12)13)7(3)8(5)10/h4H,1-3H3. The van der Waals surface area contributed by atoms with E-state index in [0.29, 0.717) is 11.1 Å². The number of aryl methyl sites for hydroxylation is 2. The molecule has 0 atom stereocenters. The third kappa shape index (κ3) is 1.52. The number of halogens is 1. The van der Waals surface area contributed by atoms with Gasteiger partial charge in [-0.25, -0.2) is 4.39 Å². The predicted octanol–water partition coefficient (Wildman–Crippen LogP) is 2.66. The molecule has 13 heavy (non-hydrogen) atoms. The third-order valence-corrected chi connectivity index (χ3v) is 2.02. The van der Waals surface area contributed by atoms with Crippen LogP contribution >= 0.6 is 0 Å². The molecule has 4 heteroatoms. The lowest BCUT2D eigenvalue weighted by Crippen LogP contribution is -1.99. The van der Waals surface area contributed by atoms with Crippen molar-refractivity contribution in [2.75, 3.05) is 0 Å². The Bertz CT molecular complexity index is 374. The summed E-state index contributed by atoms with van der Waals surface area (Å²) in [5, 5.41) is 10.5. The summed E-state index contributed by atoms with van der Waals surface area (Å²) in [5.74, 6) is -0.489. The normalized spacial score (nSPS) is 10.2. The Balaban J connectivity index is 3.53. The second-order valence-corrected chi connectivity index (χ2v) is 3.06. The first kappa shape index (κ1) is 9.64. The Labute approximate surface area is 75.3 Å². The van der Waals surface area contributed by atoms with E-state index in [1.165, 1.54) is 13.0 Å². The van der Waals surface area contributed by atoms with Crippen molar-refractivity contribution < 1.29 is 9.31 Å². The Morgan fingerprint density at radius 1 is 1.31 bits per heavy atom. The van der Waals surface area contributed by atoms with Crippen LogP contribution in [0.1, 0.15) is 16.7 Å². The van der Waals surface area contributed by atoms with Gasteiger partial charge in [0.05, 0.1) is 10.5 Å². The van der Waals surface area contributed by atoms with E-state index in [0.717, 1.165) is 0 Å². The minimum atomic E-state index is -0.548. The highest BCUT2D eigenvalue weighted by molar-refractivity contribution is 5.49. The molecule has 0 radical (unpaired) electrons. The lowest BCUT2D eigenvalue weighted by atomic mass is 10.0. The van der Waals surface area contributed by atoms with Crippen LogP contribution in [-0.4, -0.2) is 4.92 Å². The number of nitrogens with zero attached hydrogens (tertiary/aromatic N) is 1. The van der Waals surface area contributed by atoms with Gasteiger partial charge in [0.25, 0.3) is 5.69 Å². The van der Waals surface area contributed by atoms with Crippen molar-refractivity contribution in [3.05, 3.63) is 38.7 Å². The average Bonchev–Trinajstić information content (AvgIpc) is 1.99. The molecular weight excluding hydrogens is 173 g/mol. The summed E-state index contributed by atoms with van der Waals surface area (Å²) in [5.41, 5.74) is 0.938. The van der Waals surface area contributed by atoms with E-state index >= 15 is 0 Å². The molecule has 0 spiro atoms. The summed E-state index contributed by atoms with van der Waals surface area (Å²) in [6.45, 7) is 4.63. The molecule has 1 rings (SSSR count). The van der Waals surface area contributed by atoms with Gasteiger partial charge in [-0.15, -0.1) is 0 Å². The van der Waals surface area contributed by atoms with Gasteiger partial charge in [0.15, 0.2) is 0 Å². The van der Waals surface area contributed by atoms with E-state index in [-0.39, 0.29) is 11.3 Å². The molecule has 0 bridgehead atoms. The summed E-state index contributed by atoms with van der Waals surface area (Å²) >= 11 is 0. The molecule has 3 nitrogen and oxygen atoms in total. The zero-order chi connectivity index (χ0) is 10.2. The Hall–Kier alpha value is -1.45. The Kier molecular flexibility index (Phi) is 2.32. The highest BCUT2D eigenvalue weighted by Gasteiger charge is 2.19. The molecule has 0 amide bonds. The molecule has 0 N–H and O–H groups in total. The fraction of sp³-hybridized carbons (Fsp3) is 0.333. The van der Waals surface area contributed by atoms with Crippen LogP contribution in [0.5, 0.6) is 0 Å². The van der Waals surface area contributed by atoms with Crippen molar-refractivity contribution in [2.45, 2.75) is 20.8 Å². The van der Waals surface area contributed by atoms with Gasteiger partial charge < -0.3 is 0 Å². The monoisotopic (exact) mass is 183 g/mol. The zero-order valence-electron chi connectivity index (χ0n) is 7.72. The summed E-state index contributed by atoms with van der Waals surface area (Å²) in [7, 11) is 0. The van der Waals surface area contributed by atoms with Crippen molar-refractivity contribution in [1.82, 2.24) is 0 Å². The maximum absolute atomic E-state index is 13.2. The maximum atomic E-state index is 13.2. The van der Waals surface area contributed by atoms with Crippen LogP contribution in [0.2, 0.25) is 0 Å². The Morgan fingerprint density at radius 3 is 2.31 bits per heavy atom. The largest absolute Gasteiger partial charge is 0.278 e. The van der Waals surface area contributed by atoms with Gasteiger partial charge in [0.1, 0.15) is 5.82 Å². The molecule has 0 fully saturated rings. The highest BCUT2D eigenvalue weighted by Crippen LogP contribution is 2.27. The molecule has 0 aliphatic heterocycles. The van der Waals surface area contributed by atoms with E-state index in [4.69, 9.17) is 0 Å². The SMILES string of the molecule is Cc1cc(C)c([N+](=O)[O-])c(C)c1F. The van der Waals surface area contributed by atoms with Crippen molar-refractivity contribution in [3.8, 4) is 0 Å². The van der Waals surface area contributed by atoms with E-state index in [1.807, 2.05) is 0 Å². The quantitative estimate of drug-likeness (QED) is 0.496. The number of nitro groups is 1. The van der Waals surface area contributed by atoms with Gasteiger partial charge in [0.2, 0.25) is 0 Å². The van der Waals surface area contributed by atoms with Crippen LogP contribution in [0.25, 0.3) is 0 Å². The first-order chi connectivity index (χ1) is 5.95. The summed E-state index contributed by atoms with van der Waals surface area (Å²) in [4.78, 5) is 10.00. The minimum Gasteiger partial charge on any atom is -0.258 e. The maximum Gasteiger partial charge on any atom is 0.278 e. The van der Waals surface area contributed by atoms with Gasteiger partial charge in [-0.3, -0.25) is 10.1 Å². The van der Waals surface area contributed by atoms with E-state index in [9.17, 15) is 14.5 Å². The molecule has 0 aliphatic rings. The van der Waals surface area contributed by atoms with Gasteiger partial charge in [-0.2, -0.15) is 0 Å². The number of rotatable bonds is 1. The predicted molar refractivity (Wildman–Crippen MR) is 47.3 cm³/mol. The Morgan fingerprint density at radius 2 is 1.85 bits per heavy atom. The van der Waals surface area contributed by atoms with Crippen LogP contribution in [0.4, 0.5) is 10.1 Å². The molecule has 70 valence electrons. The molecular formula is C9H10FNO2. The minimum absolute atomic E-state index is 0.113. The molecule has 0 aliphatic carbocycles. The van der Waals surface area contributed by atoms with Crippen molar-refractivity contribution in [2.24, 2.45) is 0 Å². The van der Waals surface area contributed by atoms with Gasteiger partial charge >= 0.3 is 0 Å². The van der Waals surface area contributed by atoms with Gasteiger partial charge in [-0.1, -0.05) is 0 Å². The van der Waals surface area contributed by atoms with Crippen LogP contribution < -0.4 is 0 Å². The molecule has 0 saturated carbocycles. The summed E-state index contributed by atoms with van der Waals surface area (Å²) in [6.07, 6.45) is 0. The van der Waals surface area contributed by atoms with Crippen molar-refractivity contribution >= 4 is 5.69 Å². The first-order valence-corrected chi connectivity index (χ1v) is 3.86. The van der Waals surface area contributed by atoms with E-state index < -0.39 is 10.7 Å². The lowest BCUT2D eigenvalue weighted by molar-refractivity contribution is -0.386. The molecule has 1 aromatic carbocycles. The number of nitro benzene ring substituents is 1. The molecule has 0 aromatic heterocycles. The average molecular weight is 183 g/mol. The second kappa shape index (κ2) is 3.12. The van der Waals surface area contributed by atoms with Crippen LogP contribution in [0.15, 0.2) is 6.07 Å². The van der Waals surface area contributed by atoms with Gasteiger partial charge in [0, 0.05) is 5.56 Å². The first-order valence-electron chi connectivity index (χ1n) is 3.86. The third-order valence-electron chi connectivity index (χ3n) is 2.02. The molecule has 0 unspecified atom stereocenters.